The summed E-state index contributed by atoms with van der Waals surface area (Å²) in [5.74, 6) is -3.07. The van der Waals surface area contributed by atoms with Gasteiger partial charge in [-0.15, -0.1) is 0 Å². The second-order valence-corrected chi connectivity index (χ2v) is 10.1. The molecule has 12 heteroatoms. The fourth-order valence-electron chi connectivity index (χ4n) is 4.72. The lowest BCUT2D eigenvalue weighted by Crippen LogP contribution is -2.49. The van der Waals surface area contributed by atoms with Crippen molar-refractivity contribution in [3.63, 3.8) is 0 Å². The van der Waals surface area contributed by atoms with Crippen molar-refractivity contribution in [2.75, 3.05) is 40.4 Å². The molecule has 2 aliphatic rings. The van der Waals surface area contributed by atoms with Crippen molar-refractivity contribution in [3.05, 3.63) is 71.8 Å². The largest absolute Gasteiger partial charge is 0.481 e. The summed E-state index contributed by atoms with van der Waals surface area (Å²) in [6, 6.07) is 18.7. The first kappa shape index (κ1) is 32.4. The van der Waals surface area contributed by atoms with Gasteiger partial charge in [-0.05, 0) is 24.0 Å². The number of hydrogen-bond acceptors (Lipinski definition) is 8. The van der Waals surface area contributed by atoms with Gasteiger partial charge in [-0.25, -0.2) is 9.59 Å². The molecule has 2 aliphatic heterocycles. The van der Waals surface area contributed by atoms with Crippen LogP contribution in [-0.4, -0.2) is 96.7 Å². The fraction of sp³-hybridized carbons (Fsp3) is 0.467. The Hall–Kier alpha value is -4.16. The van der Waals surface area contributed by atoms with Gasteiger partial charge in [-0.1, -0.05) is 60.7 Å². The number of benzene rings is 2. The first-order valence-electron chi connectivity index (χ1n) is 13.6. The standard InChI is InChI=1S/2C15H19NO5/c2*1-20-13-7-12(14(17)18)8-16(9-13)15(19)21-10-11-5-3-2-4-6-11/h2*2-6,12-13H,7-10H2,1H3,(H,17,18)/t12-,13+;12-,13-/m11/s1. The molecule has 0 aliphatic carbocycles. The Bertz CT molecular complexity index is 1070. The lowest BCUT2D eigenvalue weighted by molar-refractivity contribution is -0.146. The number of hydrogen-bond donors (Lipinski definition) is 2. The van der Waals surface area contributed by atoms with Gasteiger partial charge in [0.05, 0.1) is 37.1 Å². The molecule has 0 aromatic heterocycles. The Morgan fingerprint density at radius 3 is 1.31 bits per heavy atom. The van der Waals surface area contributed by atoms with E-state index >= 15 is 0 Å². The van der Waals surface area contributed by atoms with E-state index in [0.29, 0.717) is 25.9 Å². The van der Waals surface area contributed by atoms with Crippen LogP contribution in [0.4, 0.5) is 9.59 Å². The number of likely N-dealkylation sites (tertiary alicyclic amines) is 2. The van der Waals surface area contributed by atoms with Crippen molar-refractivity contribution >= 4 is 24.1 Å². The average Bonchev–Trinajstić information content (AvgIpc) is 3.03. The molecule has 2 aromatic carbocycles. The number of aliphatic carboxylic acids is 2. The maximum absolute atomic E-state index is 12.1. The molecule has 2 fully saturated rings. The van der Waals surface area contributed by atoms with Gasteiger partial charge in [0.1, 0.15) is 13.2 Å². The number of rotatable bonds is 8. The van der Waals surface area contributed by atoms with Crippen LogP contribution in [0, 0.1) is 11.8 Å². The topological polar surface area (TPSA) is 152 Å². The third kappa shape index (κ3) is 10.0. The molecule has 0 spiro atoms. The van der Waals surface area contributed by atoms with Crippen LogP contribution >= 0.6 is 0 Å². The number of carbonyl (C=O) groups excluding carboxylic acids is 2. The van der Waals surface area contributed by atoms with Gasteiger partial charge < -0.3 is 39.0 Å². The minimum Gasteiger partial charge on any atom is -0.481 e. The van der Waals surface area contributed by atoms with Crippen molar-refractivity contribution in [1.82, 2.24) is 9.80 Å². The third-order valence-corrected chi connectivity index (χ3v) is 7.12. The monoisotopic (exact) mass is 586 g/mol. The lowest BCUT2D eigenvalue weighted by Gasteiger charge is -2.34. The van der Waals surface area contributed by atoms with Crippen LogP contribution in [0.3, 0.4) is 0 Å². The molecule has 2 saturated heterocycles. The van der Waals surface area contributed by atoms with E-state index in [-0.39, 0.29) is 38.5 Å². The summed E-state index contributed by atoms with van der Waals surface area (Å²) < 4.78 is 20.9. The number of ether oxygens (including phenoxy) is 4. The zero-order valence-corrected chi connectivity index (χ0v) is 23.8. The molecular formula is C30H38N2O10. The van der Waals surface area contributed by atoms with E-state index in [1.165, 1.54) is 24.0 Å². The molecule has 2 heterocycles. The summed E-state index contributed by atoms with van der Waals surface area (Å²) in [4.78, 5) is 49.2. The summed E-state index contributed by atoms with van der Waals surface area (Å²) in [5, 5.41) is 18.2. The first-order chi connectivity index (χ1) is 20.2. The van der Waals surface area contributed by atoms with E-state index in [1.807, 2.05) is 60.7 Å². The van der Waals surface area contributed by atoms with Crippen LogP contribution < -0.4 is 0 Å². The molecule has 0 bridgehead atoms. The van der Waals surface area contributed by atoms with E-state index in [9.17, 15) is 19.2 Å². The minimum atomic E-state index is -0.919. The summed E-state index contributed by atoms with van der Waals surface area (Å²) in [5.41, 5.74) is 1.78. The van der Waals surface area contributed by atoms with Crippen molar-refractivity contribution in [1.29, 1.82) is 0 Å². The summed E-state index contributed by atoms with van der Waals surface area (Å²) in [6.07, 6.45) is -0.741. The number of piperidine rings is 2. The Morgan fingerprint density at radius 1 is 0.643 bits per heavy atom. The van der Waals surface area contributed by atoms with E-state index in [4.69, 9.17) is 29.2 Å². The van der Waals surface area contributed by atoms with Crippen LogP contribution in [0.1, 0.15) is 24.0 Å². The molecule has 2 amide bonds. The maximum atomic E-state index is 12.1. The molecular weight excluding hydrogens is 548 g/mol. The highest BCUT2D eigenvalue weighted by molar-refractivity contribution is 5.74. The van der Waals surface area contributed by atoms with Crippen molar-refractivity contribution in [2.45, 2.75) is 38.3 Å². The van der Waals surface area contributed by atoms with Crippen LogP contribution in [0.15, 0.2) is 60.7 Å². The van der Waals surface area contributed by atoms with Gasteiger partial charge in [0.15, 0.2) is 0 Å². The molecule has 2 aromatic rings. The Labute approximate surface area is 244 Å². The van der Waals surface area contributed by atoms with Gasteiger partial charge in [0.25, 0.3) is 0 Å². The molecule has 228 valence electrons. The zero-order chi connectivity index (χ0) is 30.5. The number of amides is 2. The fourth-order valence-corrected chi connectivity index (χ4v) is 4.72. The van der Waals surface area contributed by atoms with Crippen LogP contribution in [0.25, 0.3) is 0 Å². The highest BCUT2D eigenvalue weighted by Crippen LogP contribution is 2.21. The molecule has 42 heavy (non-hydrogen) atoms. The van der Waals surface area contributed by atoms with Gasteiger partial charge in [-0.2, -0.15) is 0 Å². The van der Waals surface area contributed by atoms with Crippen LogP contribution in [0.2, 0.25) is 0 Å². The molecule has 12 nitrogen and oxygen atoms in total. The molecule has 0 radical (unpaired) electrons. The Kier molecular flexibility index (Phi) is 12.6. The van der Waals surface area contributed by atoms with Crippen LogP contribution in [-0.2, 0) is 41.8 Å². The second-order valence-electron chi connectivity index (χ2n) is 10.1. The van der Waals surface area contributed by atoms with Gasteiger partial charge in [0.2, 0.25) is 0 Å². The SMILES string of the molecule is CO[C@@H]1C[C@@H](C(=O)O)CN(C(=O)OCc2ccccc2)C1.CO[C@H]1C[C@@H](C(=O)O)CN(C(=O)OCc2ccccc2)C1. The normalized spacial score (nSPS) is 21.9. The highest BCUT2D eigenvalue weighted by atomic mass is 16.6. The quantitative estimate of drug-likeness (QED) is 0.470. The summed E-state index contributed by atoms with van der Waals surface area (Å²) >= 11 is 0. The summed E-state index contributed by atoms with van der Waals surface area (Å²) in [6.45, 7) is 1.37. The Balaban J connectivity index is 0.000000230. The van der Waals surface area contributed by atoms with Crippen molar-refractivity contribution in [3.8, 4) is 0 Å². The predicted octanol–water partition coefficient (Wildman–Crippen LogP) is 3.49. The van der Waals surface area contributed by atoms with E-state index in [1.54, 1.807) is 0 Å². The van der Waals surface area contributed by atoms with Gasteiger partial charge >= 0.3 is 24.1 Å². The molecule has 0 saturated carbocycles. The Morgan fingerprint density at radius 2 is 1.00 bits per heavy atom. The smallest absolute Gasteiger partial charge is 0.410 e. The number of methoxy groups -OCH3 is 2. The van der Waals surface area contributed by atoms with Crippen molar-refractivity contribution in [2.24, 2.45) is 11.8 Å². The second kappa shape index (κ2) is 16.3. The number of carboxylic acids is 2. The first-order valence-corrected chi connectivity index (χ1v) is 13.6. The molecule has 2 N–H and O–H groups in total. The average molecular weight is 587 g/mol. The summed E-state index contributed by atoms with van der Waals surface area (Å²) in [7, 11) is 3.03. The van der Waals surface area contributed by atoms with E-state index < -0.39 is 36.0 Å². The zero-order valence-electron chi connectivity index (χ0n) is 23.8. The number of nitrogens with zero attached hydrogens (tertiary/aromatic N) is 2. The van der Waals surface area contributed by atoms with Gasteiger partial charge in [-0.3, -0.25) is 9.59 Å². The lowest BCUT2D eigenvalue weighted by atomic mass is 9.96. The molecule has 0 unspecified atom stereocenters. The highest BCUT2D eigenvalue weighted by Gasteiger charge is 2.35. The van der Waals surface area contributed by atoms with Gasteiger partial charge in [0, 0.05) is 27.3 Å². The van der Waals surface area contributed by atoms with E-state index in [2.05, 4.69) is 0 Å². The maximum Gasteiger partial charge on any atom is 0.410 e. The minimum absolute atomic E-state index is 0.156. The predicted molar refractivity (Wildman–Crippen MR) is 149 cm³/mol. The van der Waals surface area contributed by atoms with Crippen molar-refractivity contribution < 1.29 is 48.3 Å². The molecule has 4 atom stereocenters. The third-order valence-electron chi connectivity index (χ3n) is 7.12. The van der Waals surface area contributed by atoms with E-state index in [0.717, 1.165) is 11.1 Å². The van der Waals surface area contributed by atoms with Crippen LogP contribution in [0.5, 0.6) is 0 Å². The number of carboxylic acid groups (broad SMARTS) is 2. The number of carbonyl (C=O) groups is 4. The molecule has 4 rings (SSSR count).